The Balaban J connectivity index is 1.54. The number of ether oxygens (including phenoxy) is 1. The van der Waals surface area contributed by atoms with E-state index < -0.39 is 0 Å². The van der Waals surface area contributed by atoms with Crippen LogP contribution in [0.2, 0.25) is 5.02 Å². The number of carbonyl (C=O) groups is 2. The van der Waals surface area contributed by atoms with Crippen molar-refractivity contribution in [3.05, 3.63) is 59.1 Å². The molecule has 7 heteroatoms. The Morgan fingerprint density at radius 3 is 2.30 bits per heavy atom. The second-order valence-corrected chi connectivity index (χ2v) is 6.38. The number of rotatable bonds is 9. The highest BCUT2D eigenvalue weighted by atomic mass is 35.5. The molecule has 0 atom stereocenters. The number of benzene rings is 2. The molecule has 0 aliphatic carbocycles. The Labute approximate surface area is 164 Å². The molecule has 3 amide bonds. The van der Waals surface area contributed by atoms with Crippen molar-refractivity contribution in [3.8, 4) is 5.75 Å². The lowest BCUT2D eigenvalue weighted by molar-refractivity contribution is -0.116. The summed E-state index contributed by atoms with van der Waals surface area (Å²) in [5.74, 6) is 0.712. The predicted octanol–water partition coefficient (Wildman–Crippen LogP) is 3.61. The van der Waals surface area contributed by atoms with Gasteiger partial charge in [0.2, 0.25) is 5.91 Å². The Hall–Kier alpha value is -2.73. The number of hydrogen-bond acceptors (Lipinski definition) is 3. The Bertz CT molecular complexity index is 733. The standard InChI is InChI=1S/C20H24ClN3O3/c1-27-18-10-4-15(5-11-18)12-14-23-20(26)22-13-2-3-19(25)24-17-8-6-16(21)7-9-17/h4-11H,2-3,12-14H2,1H3,(H,24,25)(H2,22,23,26). The van der Waals surface area contributed by atoms with Crippen LogP contribution in [0.15, 0.2) is 48.5 Å². The van der Waals surface area contributed by atoms with Gasteiger partial charge in [0.05, 0.1) is 7.11 Å². The van der Waals surface area contributed by atoms with E-state index in [2.05, 4.69) is 16.0 Å². The normalized spacial score (nSPS) is 10.1. The third-order valence-electron chi connectivity index (χ3n) is 3.85. The van der Waals surface area contributed by atoms with Gasteiger partial charge in [0.25, 0.3) is 0 Å². The molecule has 3 N–H and O–H groups in total. The molecule has 27 heavy (non-hydrogen) atoms. The maximum Gasteiger partial charge on any atom is 0.314 e. The average molecular weight is 390 g/mol. The zero-order valence-corrected chi connectivity index (χ0v) is 16.0. The second kappa shape index (κ2) is 11.1. The summed E-state index contributed by atoms with van der Waals surface area (Å²) < 4.78 is 5.11. The van der Waals surface area contributed by atoms with Crippen LogP contribution in [0.4, 0.5) is 10.5 Å². The van der Waals surface area contributed by atoms with E-state index in [-0.39, 0.29) is 11.9 Å². The Morgan fingerprint density at radius 2 is 1.63 bits per heavy atom. The van der Waals surface area contributed by atoms with Crippen LogP contribution in [-0.2, 0) is 11.2 Å². The smallest absolute Gasteiger partial charge is 0.314 e. The zero-order chi connectivity index (χ0) is 19.5. The molecule has 0 fully saturated rings. The molecule has 0 unspecified atom stereocenters. The fourth-order valence-electron chi connectivity index (χ4n) is 2.38. The average Bonchev–Trinajstić information content (AvgIpc) is 2.67. The van der Waals surface area contributed by atoms with Crippen LogP contribution in [-0.4, -0.2) is 32.1 Å². The van der Waals surface area contributed by atoms with Gasteiger partial charge in [0, 0.05) is 30.2 Å². The molecule has 0 bridgehead atoms. The van der Waals surface area contributed by atoms with E-state index in [0.717, 1.165) is 17.7 Å². The predicted molar refractivity (Wildman–Crippen MR) is 107 cm³/mol. The Kier molecular flexibility index (Phi) is 8.45. The fraction of sp³-hybridized carbons (Fsp3) is 0.300. The molecule has 0 aromatic heterocycles. The minimum Gasteiger partial charge on any atom is -0.497 e. The summed E-state index contributed by atoms with van der Waals surface area (Å²) >= 11 is 5.80. The molecule has 0 saturated heterocycles. The molecule has 0 radical (unpaired) electrons. The van der Waals surface area contributed by atoms with Gasteiger partial charge in [-0.05, 0) is 54.8 Å². The van der Waals surface area contributed by atoms with Gasteiger partial charge in [0.1, 0.15) is 5.75 Å². The maximum absolute atomic E-state index is 11.8. The van der Waals surface area contributed by atoms with Gasteiger partial charge in [-0.3, -0.25) is 4.79 Å². The molecule has 6 nitrogen and oxygen atoms in total. The van der Waals surface area contributed by atoms with E-state index in [1.54, 1.807) is 31.4 Å². The van der Waals surface area contributed by atoms with Gasteiger partial charge in [-0.25, -0.2) is 4.79 Å². The van der Waals surface area contributed by atoms with E-state index in [1.165, 1.54) is 0 Å². The molecule has 0 heterocycles. The van der Waals surface area contributed by atoms with Crippen LogP contribution in [0.25, 0.3) is 0 Å². The van der Waals surface area contributed by atoms with Crippen LogP contribution in [0, 0.1) is 0 Å². The lowest BCUT2D eigenvalue weighted by Gasteiger charge is -2.08. The van der Waals surface area contributed by atoms with Gasteiger partial charge < -0.3 is 20.7 Å². The third kappa shape index (κ3) is 8.00. The monoisotopic (exact) mass is 389 g/mol. The summed E-state index contributed by atoms with van der Waals surface area (Å²) in [5, 5.41) is 8.95. The number of hydrogen-bond donors (Lipinski definition) is 3. The van der Waals surface area contributed by atoms with E-state index in [4.69, 9.17) is 16.3 Å². The number of amides is 3. The summed E-state index contributed by atoms with van der Waals surface area (Å²) in [6.45, 7) is 0.970. The van der Waals surface area contributed by atoms with Crippen molar-refractivity contribution < 1.29 is 14.3 Å². The molecule has 2 aromatic rings. The number of urea groups is 1. The van der Waals surface area contributed by atoms with Gasteiger partial charge >= 0.3 is 6.03 Å². The number of methoxy groups -OCH3 is 1. The largest absolute Gasteiger partial charge is 0.497 e. The first-order valence-electron chi connectivity index (χ1n) is 8.77. The first-order valence-corrected chi connectivity index (χ1v) is 9.14. The van der Waals surface area contributed by atoms with Crippen LogP contribution < -0.4 is 20.7 Å². The summed E-state index contributed by atoms with van der Waals surface area (Å²) in [4.78, 5) is 23.6. The van der Waals surface area contributed by atoms with Crippen molar-refractivity contribution >= 4 is 29.2 Å². The summed E-state index contributed by atoms with van der Waals surface area (Å²) in [6, 6.07) is 14.4. The summed E-state index contributed by atoms with van der Waals surface area (Å²) in [7, 11) is 1.63. The van der Waals surface area contributed by atoms with E-state index in [1.807, 2.05) is 24.3 Å². The fourth-order valence-corrected chi connectivity index (χ4v) is 2.51. The van der Waals surface area contributed by atoms with Gasteiger partial charge in [0.15, 0.2) is 0 Å². The lowest BCUT2D eigenvalue weighted by atomic mass is 10.1. The van der Waals surface area contributed by atoms with E-state index in [9.17, 15) is 9.59 Å². The molecule has 2 aromatic carbocycles. The molecule has 144 valence electrons. The van der Waals surface area contributed by atoms with Gasteiger partial charge in [-0.1, -0.05) is 23.7 Å². The number of nitrogens with one attached hydrogen (secondary N) is 3. The minimum atomic E-state index is -0.235. The number of carbonyl (C=O) groups excluding carboxylic acids is 2. The van der Waals surface area contributed by atoms with Crippen molar-refractivity contribution in [2.45, 2.75) is 19.3 Å². The van der Waals surface area contributed by atoms with E-state index >= 15 is 0 Å². The molecule has 0 saturated carbocycles. The molecular weight excluding hydrogens is 366 g/mol. The van der Waals surface area contributed by atoms with Gasteiger partial charge in [-0.2, -0.15) is 0 Å². The molecule has 0 aliphatic heterocycles. The van der Waals surface area contributed by atoms with Crippen LogP contribution in [0.3, 0.4) is 0 Å². The lowest BCUT2D eigenvalue weighted by Crippen LogP contribution is -2.37. The highest BCUT2D eigenvalue weighted by Crippen LogP contribution is 2.13. The number of halogens is 1. The highest BCUT2D eigenvalue weighted by Gasteiger charge is 2.04. The van der Waals surface area contributed by atoms with Crippen molar-refractivity contribution in [2.24, 2.45) is 0 Å². The van der Waals surface area contributed by atoms with Crippen molar-refractivity contribution in [2.75, 3.05) is 25.5 Å². The highest BCUT2D eigenvalue weighted by molar-refractivity contribution is 6.30. The second-order valence-electron chi connectivity index (χ2n) is 5.94. The van der Waals surface area contributed by atoms with E-state index in [0.29, 0.717) is 36.6 Å². The number of anilines is 1. The molecule has 2 rings (SSSR count). The molecule has 0 spiro atoms. The van der Waals surface area contributed by atoms with Crippen molar-refractivity contribution in [1.29, 1.82) is 0 Å². The Morgan fingerprint density at radius 1 is 0.963 bits per heavy atom. The maximum atomic E-state index is 11.8. The SMILES string of the molecule is COc1ccc(CCNC(=O)NCCCC(=O)Nc2ccc(Cl)cc2)cc1. The summed E-state index contributed by atoms with van der Waals surface area (Å²) in [5.41, 5.74) is 1.82. The minimum absolute atomic E-state index is 0.0981. The topological polar surface area (TPSA) is 79.5 Å². The van der Waals surface area contributed by atoms with Crippen LogP contribution in [0.1, 0.15) is 18.4 Å². The third-order valence-corrected chi connectivity index (χ3v) is 4.10. The first kappa shape index (κ1) is 20.6. The zero-order valence-electron chi connectivity index (χ0n) is 15.3. The van der Waals surface area contributed by atoms with Crippen LogP contribution in [0.5, 0.6) is 5.75 Å². The van der Waals surface area contributed by atoms with Crippen molar-refractivity contribution in [3.63, 3.8) is 0 Å². The summed E-state index contributed by atoms with van der Waals surface area (Å²) in [6.07, 6.45) is 1.63. The van der Waals surface area contributed by atoms with Crippen LogP contribution >= 0.6 is 11.6 Å². The molecule has 0 aliphatic rings. The molecular formula is C20H24ClN3O3. The quantitative estimate of drug-likeness (QED) is 0.573. The van der Waals surface area contributed by atoms with Gasteiger partial charge in [-0.15, -0.1) is 0 Å². The first-order chi connectivity index (χ1) is 13.1. The van der Waals surface area contributed by atoms with Crippen molar-refractivity contribution in [1.82, 2.24) is 10.6 Å².